The van der Waals surface area contributed by atoms with Gasteiger partial charge in [-0.05, 0) is 19.9 Å². The van der Waals surface area contributed by atoms with Crippen molar-refractivity contribution in [2.75, 3.05) is 7.05 Å². The second-order valence-electron chi connectivity index (χ2n) is 4.26. The Kier molecular flexibility index (Phi) is 4.18. The predicted octanol–water partition coefficient (Wildman–Crippen LogP) is 2.27. The van der Waals surface area contributed by atoms with E-state index in [-0.39, 0.29) is 6.04 Å². The van der Waals surface area contributed by atoms with Gasteiger partial charge in [-0.1, -0.05) is 12.8 Å². The standard InChI is InChI=1S/C10H16F3NO2/c1-14(7-4-2-3-5-7)8(6-9(15)16)10(11,12)13/h7-8H,2-6H2,1H3,(H,15,16). The Morgan fingerprint density at radius 3 is 2.31 bits per heavy atom. The summed E-state index contributed by atoms with van der Waals surface area (Å²) in [6.45, 7) is 0. The normalized spacial score (nSPS) is 20.3. The molecule has 16 heavy (non-hydrogen) atoms. The van der Waals surface area contributed by atoms with Crippen molar-refractivity contribution >= 4 is 5.97 Å². The van der Waals surface area contributed by atoms with Crippen LogP contribution in [0.5, 0.6) is 0 Å². The largest absolute Gasteiger partial charge is 0.481 e. The molecule has 1 atom stereocenters. The molecule has 0 amide bonds. The highest BCUT2D eigenvalue weighted by molar-refractivity contribution is 5.67. The van der Waals surface area contributed by atoms with Crippen molar-refractivity contribution in [2.45, 2.75) is 50.4 Å². The molecular formula is C10H16F3NO2. The van der Waals surface area contributed by atoms with Gasteiger partial charge in [-0.3, -0.25) is 9.69 Å². The average molecular weight is 239 g/mol. The molecule has 0 aliphatic heterocycles. The van der Waals surface area contributed by atoms with Crippen molar-refractivity contribution in [1.29, 1.82) is 0 Å². The fraction of sp³-hybridized carbons (Fsp3) is 0.900. The lowest BCUT2D eigenvalue weighted by molar-refractivity contribution is -0.192. The summed E-state index contributed by atoms with van der Waals surface area (Å²) in [5.74, 6) is -1.41. The van der Waals surface area contributed by atoms with Crippen LogP contribution in [0.2, 0.25) is 0 Å². The summed E-state index contributed by atoms with van der Waals surface area (Å²) in [6, 6.07) is -2.00. The molecule has 1 aliphatic carbocycles. The van der Waals surface area contributed by atoms with Gasteiger partial charge in [-0.25, -0.2) is 0 Å². The van der Waals surface area contributed by atoms with Gasteiger partial charge in [0.05, 0.1) is 6.42 Å². The molecule has 0 saturated heterocycles. The fourth-order valence-corrected chi connectivity index (χ4v) is 2.22. The van der Waals surface area contributed by atoms with Crippen LogP contribution in [-0.2, 0) is 4.79 Å². The van der Waals surface area contributed by atoms with Gasteiger partial charge in [0, 0.05) is 6.04 Å². The molecule has 0 aromatic rings. The highest BCUT2D eigenvalue weighted by atomic mass is 19.4. The highest BCUT2D eigenvalue weighted by Gasteiger charge is 2.45. The van der Waals surface area contributed by atoms with Crippen LogP contribution in [0.3, 0.4) is 0 Å². The predicted molar refractivity (Wildman–Crippen MR) is 52.1 cm³/mol. The highest BCUT2D eigenvalue weighted by Crippen LogP contribution is 2.32. The molecule has 0 spiro atoms. The summed E-state index contributed by atoms with van der Waals surface area (Å²) < 4.78 is 38.0. The van der Waals surface area contributed by atoms with Crippen LogP contribution in [0.1, 0.15) is 32.1 Å². The SMILES string of the molecule is CN(C1CCCC1)C(CC(=O)O)C(F)(F)F. The number of carboxylic acids is 1. The number of hydrogen-bond acceptors (Lipinski definition) is 2. The fourth-order valence-electron chi connectivity index (χ4n) is 2.22. The summed E-state index contributed by atoms with van der Waals surface area (Å²) in [7, 11) is 1.37. The maximum atomic E-state index is 12.7. The molecule has 1 N–H and O–H groups in total. The number of alkyl halides is 3. The Morgan fingerprint density at radius 2 is 1.94 bits per heavy atom. The first-order valence-electron chi connectivity index (χ1n) is 5.33. The average Bonchev–Trinajstić information content (AvgIpc) is 2.63. The summed E-state index contributed by atoms with van der Waals surface area (Å²) in [5.41, 5.74) is 0. The first kappa shape index (κ1) is 13.3. The van der Waals surface area contributed by atoms with Gasteiger partial charge in [0.2, 0.25) is 0 Å². The van der Waals surface area contributed by atoms with Crippen LogP contribution in [0.25, 0.3) is 0 Å². The Labute approximate surface area is 92.2 Å². The summed E-state index contributed by atoms with van der Waals surface area (Å²) >= 11 is 0. The lowest BCUT2D eigenvalue weighted by Crippen LogP contribution is -2.48. The minimum Gasteiger partial charge on any atom is -0.481 e. The molecular weight excluding hydrogens is 223 g/mol. The maximum Gasteiger partial charge on any atom is 0.404 e. The summed E-state index contributed by atoms with van der Waals surface area (Å²) in [4.78, 5) is 11.6. The molecule has 1 unspecified atom stereocenters. The minimum absolute atomic E-state index is 0.133. The van der Waals surface area contributed by atoms with Gasteiger partial charge in [-0.15, -0.1) is 0 Å². The first-order valence-corrected chi connectivity index (χ1v) is 5.33. The van der Waals surface area contributed by atoms with Crippen LogP contribution in [0.4, 0.5) is 13.2 Å². The van der Waals surface area contributed by atoms with Gasteiger partial charge < -0.3 is 5.11 Å². The summed E-state index contributed by atoms with van der Waals surface area (Å²) in [6.07, 6.45) is -2.06. The van der Waals surface area contributed by atoms with Crippen molar-refractivity contribution in [3.05, 3.63) is 0 Å². The number of hydrogen-bond donors (Lipinski definition) is 1. The van der Waals surface area contributed by atoms with Crippen LogP contribution >= 0.6 is 0 Å². The second-order valence-corrected chi connectivity index (χ2v) is 4.26. The van der Waals surface area contributed by atoms with E-state index in [9.17, 15) is 18.0 Å². The molecule has 0 bridgehead atoms. The van der Waals surface area contributed by atoms with E-state index in [0.29, 0.717) is 0 Å². The number of carboxylic acid groups (broad SMARTS) is 1. The van der Waals surface area contributed by atoms with Gasteiger partial charge in [0.1, 0.15) is 6.04 Å². The van der Waals surface area contributed by atoms with Crippen LogP contribution in [0, 0.1) is 0 Å². The number of aliphatic carboxylic acids is 1. The summed E-state index contributed by atoms with van der Waals surface area (Å²) in [5, 5.41) is 8.51. The molecule has 1 fully saturated rings. The zero-order valence-corrected chi connectivity index (χ0v) is 9.13. The second kappa shape index (κ2) is 5.03. The van der Waals surface area contributed by atoms with Gasteiger partial charge >= 0.3 is 12.1 Å². The maximum absolute atomic E-state index is 12.7. The molecule has 1 aliphatic rings. The number of nitrogens with zero attached hydrogens (tertiary/aromatic N) is 1. The number of halogens is 3. The van der Waals surface area contributed by atoms with Crippen LogP contribution in [-0.4, -0.2) is 41.3 Å². The Hall–Kier alpha value is -0.780. The van der Waals surface area contributed by atoms with Gasteiger partial charge in [-0.2, -0.15) is 13.2 Å². The van der Waals surface area contributed by atoms with Gasteiger partial charge in [0.25, 0.3) is 0 Å². The van der Waals surface area contributed by atoms with E-state index in [1.807, 2.05) is 0 Å². The molecule has 1 saturated carbocycles. The Morgan fingerprint density at radius 1 is 1.44 bits per heavy atom. The lowest BCUT2D eigenvalue weighted by atomic mass is 10.1. The molecule has 94 valence electrons. The van der Waals surface area contributed by atoms with E-state index in [4.69, 9.17) is 5.11 Å². The van der Waals surface area contributed by atoms with Crippen molar-refractivity contribution < 1.29 is 23.1 Å². The third-order valence-electron chi connectivity index (χ3n) is 3.14. The van der Waals surface area contributed by atoms with Crippen molar-refractivity contribution in [3.8, 4) is 0 Å². The number of rotatable bonds is 4. The first-order chi connectivity index (χ1) is 7.32. The van der Waals surface area contributed by atoms with E-state index in [1.165, 1.54) is 11.9 Å². The topological polar surface area (TPSA) is 40.5 Å². The Balaban J connectivity index is 2.70. The Bertz CT molecular complexity index is 249. The quantitative estimate of drug-likeness (QED) is 0.818. The van der Waals surface area contributed by atoms with Crippen molar-refractivity contribution in [2.24, 2.45) is 0 Å². The van der Waals surface area contributed by atoms with E-state index in [2.05, 4.69) is 0 Å². The third kappa shape index (κ3) is 3.37. The van der Waals surface area contributed by atoms with E-state index < -0.39 is 24.6 Å². The molecule has 1 rings (SSSR count). The zero-order valence-electron chi connectivity index (χ0n) is 9.13. The van der Waals surface area contributed by atoms with E-state index >= 15 is 0 Å². The minimum atomic E-state index is -4.48. The lowest BCUT2D eigenvalue weighted by Gasteiger charge is -2.33. The molecule has 0 radical (unpaired) electrons. The molecule has 0 heterocycles. The number of carbonyl (C=O) groups is 1. The monoisotopic (exact) mass is 239 g/mol. The molecule has 3 nitrogen and oxygen atoms in total. The van der Waals surface area contributed by atoms with Crippen LogP contribution < -0.4 is 0 Å². The smallest absolute Gasteiger partial charge is 0.404 e. The third-order valence-corrected chi connectivity index (χ3v) is 3.14. The molecule has 6 heteroatoms. The van der Waals surface area contributed by atoms with E-state index in [0.717, 1.165) is 25.7 Å². The van der Waals surface area contributed by atoms with Gasteiger partial charge in [0.15, 0.2) is 0 Å². The molecule has 0 aromatic carbocycles. The van der Waals surface area contributed by atoms with Crippen molar-refractivity contribution in [1.82, 2.24) is 4.90 Å². The van der Waals surface area contributed by atoms with Crippen LogP contribution in [0.15, 0.2) is 0 Å². The zero-order chi connectivity index (χ0) is 12.3. The molecule has 0 aromatic heterocycles. The van der Waals surface area contributed by atoms with Crippen molar-refractivity contribution in [3.63, 3.8) is 0 Å². The van der Waals surface area contributed by atoms with E-state index in [1.54, 1.807) is 0 Å².